The van der Waals surface area contributed by atoms with Crippen LogP contribution in [0.5, 0.6) is 11.5 Å². The number of rotatable bonds is 7. The van der Waals surface area contributed by atoms with Gasteiger partial charge in [0.2, 0.25) is 0 Å². The Labute approximate surface area is 198 Å². The Hall–Kier alpha value is -3.03. The monoisotopic (exact) mass is 472 g/mol. The Kier molecular flexibility index (Phi) is 7.34. The summed E-state index contributed by atoms with van der Waals surface area (Å²) in [4.78, 5) is 29.4. The summed E-state index contributed by atoms with van der Waals surface area (Å²) in [7, 11) is 3.74. The van der Waals surface area contributed by atoms with Gasteiger partial charge in [0.05, 0.1) is 22.7 Å². The van der Waals surface area contributed by atoms with Gasteiger partial charge in [-0.1, -0.05) is 17.7 Å². The van der Waals surface area contributed by atoms with Crippen LogP contribution < -0.4 is 4.74 Å². The number of aliphatic hydroxyl groups is 1. The largest absolute Gasteiger partial charge is 0.507 e. The molecule has 7 nitrogen and oxygen atoms in total. The molecule has 0 bridgehead atoms. The molecule has 1 aliphatic rings. The summed E-state index contributed by atoms with van der Waals surface area (Å²) in [6, 6.07) is 8.79. The first-order chi connectivity index (χ1) is 15.5. The van der Waals surface area contributed by atoms with E-state index < -0.39 is 17.7 Å². The van der Waals surface area contributed by atoms with Crippen LogP contribution in [0.1, 0.15) is 36.6 Å². The quantitative estimate of drug-likeness (QED) is 0.358. The molecule has 0 radical (unpaired) electrons. The average molecular weight is 473 g/mol. The van der Waals surface area contributed by atoms with Gasteiger partial charge in [-0.25, -0.2) is 0 Å². The van der Waals surface area contributed by atoms with Crippen molar-refractivity contribution in [1.29, 1.82) is 0 Å². The third-order valence-corrected chi connectivity index (χ3v) is 5.73. The number of carbonyl (C=O) groups is 2. The number of likely N-dealkylation sites (tertiary alicyclic amines) is 1. The average Bonchev–Trinajstić information content (AvgIpc) is 2.99. The number of ether oxygens (including phenoxy) is 1. The summed E-state index contributed by atoms with van der Waals surface area (Å²) >= 11 is 6.13. The highest BCUT2D eigenvalue weighted by Gasteiger charge is 2.46. The van der Waals surface area contributed by atoms with Gasteiger partial charge >= 0.3 is 0 Å². The zero-order valence-corrected chi connectivity index (χ0v) is 20.2. The number of Topliss-reactive ketones (excluding diaryl/α,β-unsaturated/α-hetero) is 1. The zero-order valence-electron chi connectivity index (χ0n) is 19.4. The molecule has 2 aromatic carbocycles. The van der Waals surface area contributed by atoms with Crippen molar-refractivity contribution in [1.82, 2.24) is 9.80 Å². The third kappa shape index (κ3) is 5.15. The van der Waals surface area contributed by atoms with Crippen molar-refractivity contribution in [3.05, 3.63) is 63.7 Å². The molecule has 1 amide bonds. The normalized spacial score (nSPS) is 17.9. The molecule has 8 heteroatoms. The molecule has 0 saturated carbocycles. The van der Waals surface area contributed by atoms with Gasteiger partial charge < -0.3 is 24.7 Å². The number of carbonyl (C=O) groups excluding carboxylic acids is 2. The van der Waals surface area contributed by atoms with E-state index in [2.05, 4.69) is 0 Å². The van der Waals surface area contributed by atoms with E-state index >= 15 is 0 Å². The Balaban J connectivity index is 2.14. The van der Waals surface area contributed by atoms with Crippen molar-refractivity contribution in [2.24, 2.45) is 0 Å². The van der Waals surface area contributed by atoms with Gasteiger partial charge in [0, 0.05) is 18.7 Å². The summed E-state index contributed by atoms with van der Waals surface area (Å²) in [5.41, 5.74) is 1.70. The lowest BCUT2D eigenvalue weighted by Crippen LogP contribution is -2.35. The second-order valence-electron chi connectivity index (χ2n) is 8.65. The lowest BCUT2D eigenvalue weighted by Gasteiger charge is -2.26. The molecule has 0 spiro atoms. The standard InChI is InChI=1S/C25H29ClN2O5/c1-14(2)33-20-9-7-17(12-15(20)3)23(30)21-22(16-6-8-19(29)18(26)13-16)28(11-10-27(4)5)25(32)24(21)31/h6-9,12-14,22,29-30H,10-11H2,1-5H3/b23-21-. The predicted octanol–water partition coefficient (Wildman–Crippen LogP) is 4.12. The third-order valence-electron chi connectivity index (χ3n) is 5.43. The van der Waals surface area contributed by atoms with E-state index in [-0.39, 0.29) is 34.8 Å². The van der Waals surface area contributed by atoms with Crippen molar-refractivity contribution >= 4 is 29.1 Å². The number of ketones is 1. The lowest BCUT2D eigenvalue weighted by atomic mass is 9.94. The van der Waals surface area contributed by atoms with Crippen molar-refractivity contribution in [3.8, 4) is 11.5 Å². The van der Waals surface area contributed by atoms with Gasteiger partial charge in [-0.15, -0.1) is 0 Å². The van der Waals surface area contributed by atoms with E-state index in [4.69, 9.17) is 16.3 Å². The molecule has 176 valence electrons. The summed E-state index contributed by atoms with van der Waals surface area (Å²) in [6.45, 7) is 6.49. The minimum absolute atomic E-state index is 0.00980. The topological polar surface area (TPSA) is 90.3 Å². The van der Waals surface area contributed by atoms with Crippen molar-refractivity contribution in [3.63, 3.8) is 0 Å². The van der Waals surface area contributed by atoms with Crippen LogP contribution in [-0.2, 0) is 9.59 Å². The fourth-order valence-corrected chi connectivity index (χ4v) is 3.99. The number of aliphatic hydroxyl groups excluding tert-OH is 1. The first-order valence-corrected chi connectivity index (χ1v) is 11.1. The number of amides is 1. The van der Waals surface area contributed by atoms with E-state index in [9.17, 15) is 19.8 Å². The fraction of sp³-hybridized carbons (Fsp3) is 0.360. The van der Waals surface area contributed by atoms with Crippen LogP contribution in [0.2, 0.25) is 5.02 Å². The van der Waals surface area contributed by atoms with E-state index in [1.807, 2.05) is 39.8 Å². The summed E-state index contributed by atoms with van der Waals surface area (Å²) < 4.78 is 5.76. The Morgan fingerprint density at radius 1 is 1.18 bits per heavy atom. The maximum Gasteiger partial charge on any atom is 0.295 e. The molecule has 0 aliphatic carbocycles. The van der Waals surface area contributed by atoms with Crippen LogP contribution in [0, 0.1) is 6.92 Å². The van der Waals surface area contributed by atoms with Crippen LogP contribution in [0.15, 0.2) is 42.0 Å². The minimum Gasteiger partial charge on any atom is -0.507 e. The second-order valence-corrected chi connectivity index (χ2v) is 9.06. The predicted molar refractivity (Wildman–Crippen MR) is 128 cm³/mol. The van der Waals surface area contributed by atoms with Gasteiger partial charge in [0.25, 0.3) is 11.7 Å². The molecule has 1 atom stereocenters. The molecule has 1 aliphatic heterocycles. The maximum atomic E-state index is 13.1. The van der Waals surface area contributed by atoms with Crippen LogP contribution in [0.25, 0.3) is 5.76 Å². The number of halogens is 1. The van der Waals surface area contributed by atoms with E-state index in [1.165, 1.54) is 17.0 Å². The van der Waals surface area contributed by atoms with Gasteiger partial charge in [-0.05, 0) is 76.3 Å². The number of aryl methyl sites for hydroxylation is 1. The molecule has 3 rings (SSSR count). The highest BCUT2D eigenvalue weighted by atomic mass is 35.5. The number of likely N-dealkylation sites (N-methyl/N-ethyl adjacent to an activating group) is 1. The SMILES string of the molecule is Cc1cc(/C(O)=C2/C(=O)C(=O)N(CCN(C)C)C2c2ccc(O)c(Cl)c2)ccc1OC(C)C. The molecule has 33 heavy (non-hydrogen) atoms. The molecule has 1 fully saturated rings. The van der Waals surface area contributed by atoms with Crippen molar-refractivity contribution < 1.29 is 24.5 Å². The number of phenolic OH excluding ortho intramolecular Hbond substituents is 1. The van der Waals surface area contributed by atoms with E-state index in [0.717, 1.165) is 5.56 Å². The van der Waals surface area contributed by atoms with E-state index in [1.54, 1.807) is 24.3 Å². The second kappa shape index (κ2) is 9.85. The highest BCUT2D eigenvalue weighted by Crippen LogP contribution is 2.41. The zero-order chi connectivity index (χ0) is 24.4. The number of aromatic hydroxyl groups is 1. The summed E-state index contributed by atoms with van der Waals surface area (Å²) in [6.07, 6.45) is -0.00980. The van der Waals surface area contributed by atoms with Crippen molar-refractivity contribution in [2.45, 2.75) is 32.9 Å². The number of nitrogens with zero attached hydrogens (tertiary/aromatic N) is 2. The van der Waals surface area contributed by atoms with Crippen LogP contribution in [0.3, 0.4) is 0 Å². The minimum atomic E-state index is -0.838. The van der Waals surface area contributed by atoms with Crippen LogP contribution in [0.4, 0.5) is 0 Å². The molecular weight excluding hydrogens is 444 g/mol. The van der Waals surface area contributed by atoms with Gasteiger partial charge in [-0.2, -0.15) is 0 Å². The van der Waals surface area contributed by atoms with Gasteiger partial charge in [0.15, 0.2) is 0 Å². The maximum absolute atomic E-state index is 13.1. The Morgan fingerprint density at radius 2 is 1.88 bits per heavy atom. The lowest BCUT2D eigenvalue weighted by molar-refractivity contribution is -0.140. The Bertz CT molecular complexity index is 1110. The van der Waals surface area contributed by atoms with Crippen molar-refractivity contribution in [2.75, 3.05) is 27.2 Å². The smallest absolute Gasteiger partial charge is 0.295 e. The summed E-state index contributed by atoms with van der Waals surface area (Å²) in [5.74, 6) is -1.16. The number of benzene rings is 2. The summed E-state index contributed by atoms with van der Waals surface area (Å²) in [5, 5.41) is 21.1. The fourth-order valence-electron chi connectivity index (χ4n) is 3.80. The molecule has 2 N–H and O–H groups in total. The number of hydrogen-bond donors (Lipinski definition) is 2. The van der Waals surface area contributed by atoms with Gasteiger partial charge in [0.1, 0.15) is 17.3 Å². The van der Waals surface area contributed by atoms with Crippen LogP contribution in [-0.4, -0.2) is 65.0 Å². The first-order valence-electron chi connectivity index (χ1n) is 10.7. The molecule has 1 heterocycles. The highest BCUT2D eigenvalue weighted by molar-refractivity contribution is 6.46. The van der Waals surface area contributed by atoms with E-state index in [0.29, 0.717) is 23.4 Å². The molecule has 1 saturated heterocycles. The molecule has 1 unspecified atom stereocenters. The molecular formula is C25H29ClN2O5. The first kappa shape index (κ1) is 24.6. The molecule has 0 aromatic heterocycles. The van der Waals surface area contributed by atoms with Crippen LogP contribution >= 0.6 is 11.6 Å². The number of phenols is 1. The molecule has 2 aromatic rings. The Morgan fingerprint density at radius 3 is 2.45 bits per heavy atom. The number of hydrogen-bond acceptors (Lipinski definition) is 6. The van der Waals surface area contributed by atoms with Gasteiger partial charge in [-0.3, -0.25) is 9.59 Å².